The number of nitrogens with two attached hydrogens (primary N) is 1. The van der Waals surface area contributed by atoms with Gasteiger partial charge in [0.15, 0.2) is 0 Å². The predicted molar refractivity (Wildman–Crippen MR) is 97.3 cm³/mol. The zero-order valence-electron chi connectivity index (χ0n) is 14.8. The molecule has 1 aromatic rings. The van der Waals surface area contributed by atoms with Crippen molar-refractivity contribution in [1.82, 2.24) is 5.32 Å². The highest BCUT2D eigenvalue weighted by molar-refractivity contribution is 5.98. The molecule has 0 aromatic heterocycles. The van der Waals surface area contributed by atoms with Crippen molar-refractivity contribution in [1.29, 1.82) is 0 Å². The molecule has 4 N–H and O–H groups in total. The maximum absolute atomic E-state index is 12.7. The second kappa shape index (κ2) is 7.66. The van der Waals surface area contributed by atoms with E-state index in [1.807, 2.05) is 39.0 Å². The lowest BCUT2D eigenvalue weighted by Gasteiger charge is -2.28. The summed E-state index contributed by atoms with van der Waals surface area (Å²) in [6.45, 7) is 7.43. The number of hydrogen-bond acceptors (Lipinski definition) is 3. The van der Waals surface area contributed by atoms with Gasteiger partial charge in [0.05, 0.1) is 11.1 Å². The Bertz CT molecular complexity index is 603. The molecule has 0 unspecified atom stereocenters. The van der Waals surface area contributed by atoms with E-state index in [1.165, 1.54) is 0 Å². The second-order valence-corrected chi connectivity index (χ2v) is 6.23. The van der Waals surface area contributed by atoms with Crippen LogP contribution >= 0.6 is 0 Å². The van der Waals surface area contributed by atoms with Crippen molar-refractivity contribution in [2.75, 3.05) is 29.9 Å². The summed E-state index contributed by atoms with van der Waals surface area (Å²) < 4.78 is 0. The molecule has 1 aliphatic rings. The number of carbonyl (C=O) groups excluding carboxylic acids is 2. The molecule has 0 saturated carbocycles. The first-order chi connectivity index (χ1) is 11.5. The van der Waals surface area contributed by atoms with Gasteiger partial charge < -0.3 is 16.4 Å². The molecule has 0 fully saturated rings. The van der Waals surface area contributed by atoms with Crippen molar-refractivity contribution in [3.63, 3.8) is 0 Å². The number of nitrogens with one attached hydrogen (secondary N) is 2. The van der Waals surface area contributed by atoms with Gasteiger partial charge in [0.25, 0.3) is 0 Å². The standard InChI is InChI=1S/C18H28N4O2/c1-4-18(5-2,12-19)16(23)21-14-8-7-13-9-10-22(15(13)11-14)17(24)20-6-3/h7-8,11H,4-6,9-10,12,19H2,1-3H3,(H,20,24)(H,21,23). The molecule has 2 rings (SSSR count). The van der Waals surface area contributed by atoms with Gasteiger partial charge >= 0.3 is 6.03 Å². The summed E-state index contributed by atoms with van der Waals surface area (Å²) in [6.07, 6.45) is 2.22. The third kappa shape index (κ3) is 3.38. The van der Waals surface area contributed by atoms with Crippen molar-refractivity contribution in [3.05, 3.63) is 23.8 Å². The molecular weight excluding hydrogens is 304 g/mol. The van der Waals surface area contributed by atoms with E-state index in [9.17, 15) is 9.59 Å². The molecular formula is C18H28N4O2. The van der Waals surface area contributed by atoms with Crippen molar-refractivity contribution < 1.29 is 9.59 Å². The smallest absolute Gasteiger partial charge is 0.321 e. The SMILES string of the molecule is CCNC(=O)N1CCc2ccc(NC(=O)C(CC)(CC)CN)cc21. The zero-order valence-corrected chi connectivity index (χ0v) is 14.8. The van der Waals surface area contributed by atoms with E-state index in [0.717, 1.165) is 17.7 Å². The molecule has 132 valence electrons. The molecule has 1 aromatic carbocycles. The van der Waals surface area contributed by atoms with Crippen LogP contribution in [0.3, 0.4) is 0 Å². The lowest BCUT2D eigenvalue weighted by Crippen LogP contribution is -2.41. The fraction of sp³-hybridized carbons (Fsp3) is 0.556. The minimum atomic E-state index is -0.543. The Hall–Kier alpha value is -2.08. The fourth-order valence-electron chi connectivity index (χ4n) is 3.13. The second-order valence-electron chi connectivity index (χ2n) is 6.23. The summed E-state index contributed by atoms with van der Waals surface area (Å²) in [4.78, 5) is 26.5. The van der Waals surface area contributed by atoms with Crippen LogP contribution in [0.1, 0.15) is 39.2 Å². The number of rotatable bonds is 6. The lowest BCUT2D eigenvalue weighted by molar-refractivity contribution is -0.125. The Morgan fingerprint density at radius 1 is 1.25 bits per heavy atom. The van der Waals surface area contributed by atoms with E-state index in [4.69, 9.17) is 5.73 Å². The largest absolute Gasteiger partial charge is 0.338 e. The van der Waals surface area contributed by atoms with Crippen LogP contribution in [-0.4, -0.2) is 31.6 Å². The van der Waals surface area contributed by atoms with Crippen LogP contribution in [0.25, 0.3) is 0 Å². The van der Waals surface area contributed by atoms with Crippen LogP contribution in [0.5, 0.6) is 0 Å². The van der Waals surface area contributed by atoms with Crippen LogP contribution in [0.15, 0.2) is 18.2 Å². The van der Waals surface area contributed by atoms with Crippen LogP contribution in [0.2, 0.25) is 0 Å². The third-order valence-electron chi connectivity index (χ3n) is 5.04. The van der Waals surface area contributed by atoms with Gasteiger partial charge in [-0.1, -0.05) is 19.9 Å². The van der Waals surface area contributed by atoms with Crippen molar-refractivity contribution in [2.24, 2.45) is 11.1 Å². The average Bonchev–Trinajstić information content (AvgIpc) is 3.00. The van der Waals surface area contributed by atoms with Gasteiger partial charge in [-0.05, 0) is 43.9 Å². The first-order valence-electron chi connectivity index (χ1n) is 8.71. The predicted octanol–water partition coefficient (Wildman–Crippen LogP) is 2.48. The van der Waals surface area contributed by atoms with Crippen molar-refractivity contribution in [3.8, 4) is 0 Å². The zero-order chi connectivity index (χ0) is 17.7. The first kappa shape index (κ1) is 18.3. The molecule has 0 saturated heterocycles. The first-order valence-corrected chi connectivity index (χ1v) is 8.71. The molecule has 3 amide bonds. The normalized spacial score (nSPS) is 13.6. The minimum absolute atomic E-state index is 0.0579. The van der Waals surface area contributed by atoms with E-state index in [0.29, 0.717) is 38.2 Å². The monoisotopic (exact) mass is 332 g/mol. The fourth-order valence-corrected chi connectivity index (χ4v) is 3.13. The maximum Gasteiger partial charge on any atom is 0.321 e. The molecule has 24 heavy (non-hydrogen) atoms. The van der Waals surface area contributed by atoms with Crippen LogP contribution in [0, 0.1) is 5.41 Å². The quantitative estimate of drug-likeness (QED) is 0.748. The van der Waals surface area contributed by atoms with E-state index in [-0.39, 0.29) is 11.9 Å². The number of fused-ring (bicyclic) bond motifs is 1. The summed E-state index contributed by atoms with van der Waals surface area (Å²) >= 11 is 0. The molecule has 0 radical (unpaired) electrons. The van der Waals surface area contributed by atoms with Gasteiger partial charge in [-0.15, -0.1) is 0 Å². The summed E-state index contributed by atoms with van der Waals surface area (Å²) in [5.74, 6) is -0.0579. The molecule has 0 atom stereocenters. The Balaban J connectivity index is 2.21. The van der Waals surface area contributed by atoms with Crippen molar-refractivity contribution >= 4 is 23.3 Å². The van der Waals surface area contributed by atoms with E-state index in [1.54, 1.807) is 4.90 Å². The summed E-state index contributed by atoms with van der Waals surface area (Å²) in [7, 11) is 0. The molecule has 6 heteroatoms. The summed E-state index contributed by atoms with van der Waals surface area (Å²) in [5.41, 5.74) is 7.99. The number of anilines is 2. The van der Waals surface area contributed by atoms with E-state index < -0.39 is 5.41 Å². The Labute approximate surface area is 143 Å². The summed E-state index contributed by atoms with van der Waals surface area (Å²) in [5, 5.41) is 5.80. The molecule has 1 aliphatic heterocycles. The molecule has 0 spiro atoms. The van der Waals surface area contributed by atoms with Gasteiger partial charge in [0.1, 0.15) is 0 Å². The number of benzene rings is 1. The van der Waals surface area contributed by atoms with Gasteiger partial charge in [0, 0.05) is 25.3 Å². The van der Waals surface area contributed by atoms with Gasteiger partial charge in [-0.3, -0.25) is 9.69 Å². The minimum Gasteiger partial charge on any atom is -0.338 e. The van der Waals surface area contributed by atoms with Crippen LogP contribution in [0.4, 0.5) is 16.2 Å². The Kier molecular flexibility index (Phi) is 5.83. The van der Waals surface area contributed by atoms with Crippen molar-refractivity contribution in [2.45, 2.75) is 40.0 Å². The molecule has 1 heterocycles. The van der Waals surface area contributed by atoms with Crippen LogP contribution < -0.4 is 21.3 Å². The van der Waals surface area contributed by atoms with E-state index in [2.05, 4.69) is 10.6 Å². The van der Waals surface area contributed by atoms with E-state index >= 15 is 0 Å². The lowest BCUT2D eigenvalue weighted by atomic mass is 9.81. The van der Waals surface area contributed by atoms with Gasteiger partial charge in [0.2, 0.25) is 5.91 Å². The van der Waals surface area contributed by atoms with Gasteiger partial charge in [-0.2, -0.15) is 0 Å². The van der Waals surface area contributed by atoms with Gasteiger partial charge in [-0.25, -0.2) is 4.79 Å². The maximum atomic E-state index is 12.7. The Morgan fingerprint density at radius 2 is 1.96 bits per heavy atom. The van der Waals surface area contributed by atoms with Crippen LogP contribution in [-0.2, 0) is 11.2 Å². The molecule has 6 nitrogen and oxygen atoms in total. The highest BCUT2D eigenvalue weighted by atomic mass is 16.2. The topological polar surface area (TPSA) is 87.5 Å². The number of urea groups is 1. The third-order valence-corrected chi connectivity index (χ3v) is 5.04. The Morgan fingerprint density at radius 3 is 2.54 bits per heavy atom. The molecule has 0 aliphatic carbocycles. The average molecular weight is 332 g/mol. The highest BCUT2D eigenvalue weighted by Gasteiger charge is 2.33. The highest BCUT2D eigenvalue weighted by Crippen LogP contribution is 2.32. The summed E-state index contributed by atoms with van der Waals surface area (Å²) in [6, 6.07) is 5.65. The number of carbonyl (C=O) groups is 2. The molecule has 0 bridgehead atoms. The number of hydrogen-bond donors (Lipinski definition) is 3. The number of nitrogens with zero attached hydrogens (tertiary/aromatic N) is 1. The number of amides is 3.